The average molecular weight is 388 g/mol. The van der Waals surface area contributed by atoms with Crippen molar-refractivity contribution in [1.29, 1.82) is 0 Å². The number of ether oxygens (including phenoxy) is 3. The number of aromatic amines is 1. The molecule has 1 aromatic carbocycles. The molecule has 9 heteroatoms. The highest BCUT2D eigenvalue weighted by molar-refractivity contribution is 6.02. The summed E-state index contributed by atoms with van der Waals surface area (Å²) in [4.78, 5) is 51.6. The molecule has 1 aliphatic rings. The van der Waals surface area contributed by atoms with Gasteiger partial charge in [0.15, 0.2) is 0 Å². The first-order valence-electron chi connectivity index (χ1n) is 8.52. The van der Waals surface area contributed by atoms with E-state index in [1.807, 2.05) is 0 Å². The van der Waals surface area contributed by atoms with Gasteiger partial charge >= 0.3 is 17.6 Å². The van der Waals surface area contributed by atoms with Crippen molar-refractivity contribution in [1.82, 2.24) is 9.55 Å². The van der Waals surface area contributed by atoms with Crippen LogP contribution in [-0.4, -0.2) is 35.7 Å². The van der Waals surface area contributed by atoms with Gasteiger partial charge in [-0.05, 0) is 12.5 Å². The maximum atomic E-state index is 12.9. The smallest absolute Gasteiger partial charge is 0.330 e. The van der Waals surface area contributed by atoms with E-state index >= 15 is 0 Å². The Bertz CT molecular complexity index is 995. The van der Waals surface area contributed by atoms with Crippen LogP contribution in [0.15, 0.2) is 52.2 Å². The second-order valence-electron chi connectivity index (χ2n) is 6.58. The minimum Gasteiger partial charge on any atom is -0.468 e. The van der Waals surface area contributed by atoms with Crippen molar-refractivity contribution in [3.05, 3.63) is 69.0 Å². The maximum absolute atomic E-state index is 12.9. The fraction of sp³-hybridized carbons (Fsp3) is 0.368. The van der Waals surface area contributed by atoms with Crippen LogP contribution in [0.5, 0.6) is 0 Å². The predicted molar refractivity (Wildman–Crippen MR) is 96.3 cm³/mol. The van der Waals surface area contributed by atoms with E-state index < -0.39 is 40.4 Å². The van der Waals surface area contributed by atoms with Gasteiger partial charge in [-0.3, -0.25) is 23.9 Å². The average Bonchev–Trinajstić information content (AvgIpc) is 3.02. The Kier molecular flexibility index (Phi) is 4.95. The van der Waals surface area contributed by atoms with Crippen molar-refractivity contribution in [3.8, 4) is 0 Å². The summed E-state index contributed by atoms with van der Waals surface area (Å²) in [6.07, 6.45) is 0.0127. The lowest BCUT2D eigenvalue weighted by Crippen LogP contribution is -2.52. The zero-order valence-corrected chi connectivity index (χ0v) is 15.6. The lowest BCUT2D eigenvalue weighted by atomic mass is 9.68. The number of carbonyl (C=O) groups is 2. The van der Waals surface area contributed by atoms with Crippen molar-refractivity contribution < 1.29 is 23.8 Å². The standard InChI is InChI=1S/C19H20N2O7/c1-18(12-7-5-4-6-8-12)19(15(23)26-2,16(24)27-3)11-14(28-18)21-10-9-13(22)20-17(21)25/h4-10,14H,11H2,1-3H3,(H,20,22,25)/t14-,18-/m1/s1. The molecule has 1 aliphatic heterocycles. The third kappa shape index (κ3) is 2.75. The number of hydrogen-bond acceptors (Lipinski definition) is 7. The van der Waals surface area contributed by atoms with Crippen molar-refractivity contribution in [2.45, 2.75) is 25.2 Å². The maximum Gasteiger partial charge on any atom is 0.330 e. The summed E-state index contributed by atoms with van der Waals surface area (Å²) < 4.78 is 17.2. The van der Waals surface area contributed by atoms with Crippen molar-refractivity contribution in [2.75, 3.05) is 14.2 Å². The zero-order valence-electron chi connectivity index (χ0n) is 15.6. The van der Waals surface area contributed by atoms with E-state index in [2.05, 4.69) is 4.98 Å². The summed E-state index contributed by atoms with van der Waals surface area (Å²) in [5, 5.41) is 0. The van der Waals surface area contributed by atoms with E-state index in [0.29, 0.717) is 5.56 Å². The first-order valence-corrected chi connectivity index (χ1v) is 8.52. The van der Waals surface area contributed by atoms with Crippen molar-refractivity contribution in [2.24, 2.45) is 5.41 Å². The molecule has 0 radical (unpaired) electrons. The van der Waals surface area contributed by atoms with Crippen LogP contribution in [0.2, 0.25) is 0 Å². The number of aromatic nitrogens is 2. The largest absolute Gasteiger partial charge is 0.468 e. The van der Waals surface area contributed by atoms with Crippen LogP contribution in [0.25, 0.3) is 0 Å². The number of esters is 2. The number of methoxy groups -OCH3 is 2. The molecule has 0 bridgehead atoms. The molecule has 0 aliphatic carbocycles. The van der Waals surface area contributed by atoms with Crippen LogP contribution in [0.3, 0.4) is 0 Å². The highest BCUT2D eigenvalue weighted by Crippen LogP contribution is 2.57. The molecule has 2 heterocycles. The number of carbonyl (C=O) groups excluding carboxylic acids is 2. The highest BCUT2D eigenvalue weighted by Gasteiger charge is 2.69. The number of rotatable bonds is 4. The quantitative estimate of drug-likeness (QED) is 0.605. The normalized spacial score (nSPS) is 23.2. The summed E-state index contributed by atoms with van der Waals surface area (Å²) in [7, 11) is 2.33. The second kappa shape index (κ2) is 7.08. The first kappa shape index (κ1) is 19.6. The monoisotopic (exact) mass is 388 g/mol. The minimum absolute atomic E-state index is 0.219. The Balaban J connectivity index is 2.24. The molecule has 3 rings (SSSR count). The van der Waals surface area contributed by atoms with Gasteiger partial charge in [-0.2, -0.15) is 0 Å². The van der Waals surface area contributed by atoms with E-state index in [4.69, 9.17) is 14.2 Å². The Morgan fingerprint density at radius 3 is 2.25 bits per heavy atom. The zero-order chi connectivity index (χ0) is 20.5. The van der Waals surface area contributed by atoms with Gasteiger partial charge in [0, 0.05) is 18.7 Å². The van der Waals surface area contributed by atoms with Gasteiger partial charge in [-0.25, -0.2) is 4.79 Å². The van der Waals surface area contributed by atoms with Crippen molar-refractivity contribution >= 4 is 11.9 Å². The summed E-state index contributed by atoms with van der Waals surface area (Å²) >= 11 is 0. The molecule has 1 N–H and O–H groups in total. The highest BCUT2D eigenvalue weighted by atomic mass is 16.6. The second-order valence-corrected chi connectivity index (χ2v) is 6.58. The number of hydrogen-bond donors (Lipinski definition) is 1. The summed E-state index contributed by atoms with van der Waals surface area (Å²) in [5.41, 5.74) is -4.12. The molecule has 2 atom stereocenters. The van der Waals surface area contributed by atoms with Gasteiger partial charge in [0.2, 0.25) is 5.41 Å². The molecule has 0 spiro atoms. The molecule has 0 unspecified atom stereocenters. The minimum atomic E-state index is -1.86. The first-order chi connectivity index (χ1) is 13.3. The molecular formula is C19H20N2O7. The van der Waals surface area contributed by atoms with Crippen LogP contribution < -0.4 is 11.2 Å². The van der Waals surface area contributed by atoms with E-state index in [9.17, 15) is 19.2 Å². The Morgan fingerprint density at radius 1 is 1.11 bits per heavy atom. The molecule has 1 aromatic heterocycles. The third-order valence-corrected chi connectivity index (χ3v) is 5.22. The molecule has 9 nitrogen and oxygen atoms in total. The fourth-order valence-corrected chi connectivity index (χ4v) is 3.74. The molecule has 1 saturated heterocycles. The summed E-state index contributed by atoms with van der Waals surface area (Å²) in [6, 6.07) is 9.83. The van der Waals surface area contributed by atoms with E-state index in [-0.39, 0.29) is 6.42 Å². The van der Waals surface area contributed by atoms with Gasteiger partial charge in [0.05, 0.1) is 14.2 Å². The predicted octanol–water partition coefficient (Wildman–Crippen LogP) is 0.703. The molecule has 1 fully saturated rings. The van der Waals surface area contributed by atoms with Crippen LogP contribution in [0.1, 0.15) is 25.1 Å². The summed E-state index contributed by atoms with van der Waals surface area (Å²) in [5.74, 6) is -1.68. The van der Waals surface area contributed by atoms with Gasteiger partial charge in [-0.1, -0.05) is 30.3 Å². The molecule has 0 amide bonds. The van der Waals surface area contributed by atoms with Gasteiger partial charge in [0.1, 0.15) is 11.8 Å². The van der Waals surface area contributed by atoms with Gasteiger partial charge < -0.3 is 14.2 Å². The number of nitrogens with one attached hydrogen (secondary N) is 1. The van der Waals surface area contributed by atoms with Gasteiger partial charge in [0.25, 0.3) is 5.56 Å². The van der Waals surface area contributed by atoms with Crippen LogP contribution in [-0.2, 0) is 29.4 Å². The van der Waals surface area contributed by atoms with Crippen LogP contribution in [0.4, 0.5) is 0 Å². The fourth-order valence-electron chi connectivity index (χ4n) is 3.74. The molecular weight excluding hydrogens is 368 g/mol. The lowest BCUT2D eigenvalue weighted by molar-refractivity contribution is -0.185. The number of H-pyrrole nitrogens is 1. The lowest BCUT2D eigenvalue weighted by Gasteiger charge is -2.37. The molecule has 148 valence electrons. The van der Waals surface area contributed by atoms with Gasteiger partial charge in [-0.15, -0.1) is 0 Å². The summed E-state index contributed by atoms with van der Waals surface area (Å²) in [6.45, 7) is 1.58. The number of nitrogens with zero attached hydrogens (tertiary/aromatic N) is 1. The van der Waals surface area contributed by atoms with Crippen LogP contribution in [0, 0.1) is 5.41 Å². The van der Waals surface area contributed by atoms with Crippen molar-refractivity contribution in [3.63, 3.8) is 0 Å². The van der Waals surface area contributed by atoms with Crippen LogP contribution >= 0.6 is 0 Å². The Hall–Kier alpha value is -3.20. The SMILES string of the molecule is COC(=O)C1(C(=O)OC)C[C@H](n2ccc(=O)[nH]c2=O)O[C@]1(C)c1ccccc1. The topological polar surface area (TPSA) is 117 Å². The molecule has 28 heavy (non-hydrogen) atoms. The van der Waals surface area contributed by atoms with E-state index in [0.717, 1.165) is 24.9 Å². The van der Waals surface area contributed by atoms with E-state index in [1.54, 1.807) is 37.3 Å². The third-order valence-electron chi connectivity index (χ3n) is 5.22. The number of benzene rings is 1. The molecule has 0 saturated carbocycles. The van der Waals surface area contributed by atoms with E-state index in [1.165, 1.54) is 6.20 Å². The molecule has 2 aromatic rings. The Morgan fingerprint density at radius 2 is 1.71 bits per heavy atom. The Labute approximate surface area is 159 Å².